The summed E-state index contributed by atoms with van der Waals surface area (Å²) in [5.74, 6) is 0. The van der Waals surface area contributed by atoms with Crippen LogP contribution in [0.5, 0.6) is 0 Å². The van der Waals surface area contributed by atoms with Gasteiger partial charge >= 0.3 is 0 Å². The summed E-state index contributed by atoms with van der Waals surface area (Å²) in [6.45, 7) is 4.33. The molecule has 0 bridgehead atoms. The van der Waals surface area contributed by atoms with Gasteiger partial charge in [-0.2, -0.15) is 0 Å². The Bertz CT molecular complexity index is 243. The summed E-state index contributed by atoms with van der Waals surface area (Å²) < 4.78 is 5.02. The van der Waals surface area contributed by atoms with Crippen molar-refractivity contribution in [2.45, 2.75) is 64.8 Å². The van der Waals surface area contributed by atoms with Crippen LogP contribution < -0.4 is 5.32 Å². The fourth-order valence-electron chi connectivity index (χ4n) is 2.01. The smallest absolute Gasteiger partial charge is 0.0947 e. The molecule has 2 nitrogen and oxygen atoms in total. The molecule has 0 fully saturated rings. The Balaban J connectivity index is 1.76. The first-order valence-corrected chi connectivity index (χ1v) is 7.15. The first-order chi connectivity index (χ1) is 8.43. The molecule has 0 atom stereocenters. The van der Waals surface area contributed by atoms with Gasteiger partial charge in [0, 0.05) is 12.1 Å². The first-order valence-electron chi connectivity index (χ1n) is 7.15. The maximum Gasteiger partial charge on any atom is 0.0947 e. The third-order valence-corrected chi connectivity index (χ3v) is 3.12. The van der Waals surface area contributed by atoms with Crippen LogP contribution in [0.4, 0.5) is 0 Å². The number of rotatable bonds is 11. The number of hydrogen-bond donors (Lipinski definition) is 1. The van der Waals surface area contributed by atoms with Crippen molar-refractivity contribution < 1.29 is 4.42 Å². The predicted molar refractivity (Wildman–Crippen MR) is 73.0 cm³/mol. The van der Waals surface area contributed by atoms with Crippen LogP contribution in [-0.4, -0.2) is 6.54 Å². The molecule has 98 valence electrons. The molecule has 17 heavy (non-hydrogen) atoms. The molecule has 0 aromatic carbocycles. The Morgan fingerprint density at radius 1 is 1.00 bits per heavy atom. The van der Waals surface area contributed by atoms with E-state index in [9.17, 15) is 0 Å². The highest BCUT2D eigenvalue weighted by Crippen LogP contribution is 2.08. The normalized spacial score (nSPS) is 10.9. The lowest BCUT2D eigenvalue weighted by molar-refractivity contribution is 0.547. The molecule has 0 radical (unpaired) electrons. The Morgan fingerprint density at radius 3 is 2.35 bits per heavy atom. The van der Waals surface area contributed by atoms with Crippen LogP contribution in [0.25, 0.3) is 0 Å². The van der Waals surface area contributed by atoms with Gasteiger partial charge in [-0.1, -0.05) is 51.9 Å². The van der Waals surface area contributed by atoms with Crippen molar-refractivity contribution in [1.29, 1.82) is 0 Å². The van der Waals surface area contributed by atoms with Gasteiger partial charge in [0.25, 0.3) is 0 Å². The van der Waals surface area contributed by atoms with Crippen LogP contribution >= 0.6 is 0 Å². The Kier molecular flexibility index (Phi) is 8.75. The van der Waals surface area contributed by atoms with Crippen LogP contribution in [0.15, 0.2) is 23.0 Å². The van der Waals surface area contributed by atoms with E-state index in [1.807, 2.05) is 6.07 Å². The summed E-state index contributed by atoms with van der Waals surface area (Å²) in [6, 6.07) is 2.01. The number of furan rings is 1. The van der Waals surface area contributed by atoms with E-state index < -0.39 is 0 Å². The van der Waals surface area contributed by atoms with Crippen molar-refractivity contribution in [3.63, 3.8) is 0 Å². The first kappa shape index (κ1) is 14.3. The van der Waals surface area contributed by atoms with E-state index in [1.54, 1.807) is 12.5 Å². The van der Waals surface area contributed by atoms with Gasteiger partial charge in [0.2, 0.25) is 0 Å². The largest absolute Gasteiger partial charge is 0.472 e. The lowest BCUT2D eigenvalue weighted by Crippen LogP contribution is -2.13. The van der Waals surface area contributed by atoms with Gasteiger partial charge in [0.05, 0.1) is 12.5 Å². The molecule has 0 aliphatic heterocycles. The number of hydrogen-bond acceptors (Lipinski definition) is 2. The zero-order valence-electron chi connectivity index (χ0n) is 11.2. The molecule has 0 spiro atoms. The summed E-state index contributed by atoms with van der Waals surface area (Å²) in [5.41, 5.74) is 1.24. The van der Waals surface area contributed by atoms with E-state index in [0.717, 1.165) is 13.1 Å². The third-order valence-electron chi connectivity index (χ3n) is 3.12. The molecular formula is C15H27NO. The van der Waals surface area contributed by atoms with Gasteiger partial charge in [0.15, 0.2) is 0 Å². The van der Waals surface area contributed by atoms with Crippen molar-refractivity contribution in [3.8, 4) is 0 Å². The van der Waals surface area contributed by atoms with Crippen molar-refractivity contribution in [1.82, 2.24) is 5.32 Å². The second kappa shape index (κ2) is 10.4. The molecule has 0 unspecified atom stereocenters. The van der Waals surface area contributed by atoms with Crippen molar-refractivity contribution in [2.75, 3.05) is 6.54 Å². The Labute approximate surface area is 106 Å². The van der Waals surface area contributed by atoms with Gasteiger partial charge in [-0.05, 0) is 19.0 Å². The van der Waals surface area contributed by atoms with Crippen LogP contribution in [0.1, 0.15) is 63.9 Å². The van der Waals surface area contributed by atoms with E-state index in [0.29, 0.717) is 0 Å². The van der Waals surface area contributed by atoms with E-state index >= 15 is 0 Å². The van der Waals surface area contributed by atoms with Crippen LogP contribution in [-0.2, 0) is 6.54 Å². The van der Waals surface area contributed by atoms with Gasteiger partial charge in [-0.3, -0.25) is 0 Å². The molecule has 0 saturated carbocycles. The molecule has 1 aromatic rings. The SMILES string of the molecule is CCCCCCCCCCNCc1ccoc1. The van der Waals surface area contributed by atoms with Crippen LogP contribution in [0.3, 0.4) is 0 Å². The number of nitrogens with one attached hydrogen (secondary N) is 1. The maximum absolute atomic E-state index is 5.02. The van der Waals surface area contributed by atoms with Gasteiger partial charge in [-0.25, -0.2) is 0 Å². The molecule has 0 aliphatic rings. The molecular weight excluding hydrogens is 210 g/mol. The lowest BCUT2D eigenvalue weighted by Gasteiger charge is -2.03. The summed E-state index contributed by atoms with van der Waals surface area (Å²) in [6.07, 6.45) is 14.6. The minimum absolute atomic E-state index is 0.938. The highest BCUT2D eigenvalue weighted by molar-refractivity contribution is 5.04. The molecule has 0 aliphatic carbocycles. The standard InChI is InChI=1S/C15H27NO/c1-2-3-4-5-6-7-8-9-11-16-13-15-10-12-17-14-15/h10,12,14,16H,2-9,11,13H2,1H3. The lowest BCUT2D eigenvalue weighted by atomic mass is 10.1. The maximum atomic E-state index is 5.02. The summed E-state index contributed by atoms with van der Waals surface area (Å²) in [4.78, 5) is 0. The molecule has 1 aromatic heterocycles. The van der Waals surface area contributed by atoms with Gasteiger partial charge in [0.1, 0.15) is 0 Å². The molecule has 0 saturated heterocycles. The Hall–Kier alpha value is -0.760. The average Bonchev–Trinajstić information content (AvgIpc) is 2.85. The fraction of sp³-hybridized carbons (Fsp3) is 0.733. The quantitative estimate of drug-likeness (QED) is 0.573. The summed E-state index contributed by atoms with van der Waals surface area (Å²) >= 11 is 0. The van der Waals surface area contributed by atoms with E-state index in [2.05, 4.69) is 12.2 Å². The van der Waals surface area contributed by atoms with Crippen molar-refractivity contribution >= 4 is 0 Å². The predicted octanol–water partition coefficient (Wildman–Crippen LogP) is 4.51. The average molecular weight is 237 g/mol. The minimum Gasteiger partial charge on any atom is -0.472 e. The highest BCUT2D eigenvalue weighted by Gasteiger charge is 1.94. The van der Waals surface area contributed by atoms with Crippen molar-refractivity contribution in [3.05, 3.63) is 24.2 Å². The van der Waals surface area contributed by atoms with Crippen LogP contribution in [0, 0.1) is 0 Å². The monoisotopic (exact) mass is 237 g/mol. The van der Waals surface area contributed by atoms with E-state index in [-0.39, 0.29) is 0 Å². The zero-order chi connectivity index (χ0) is 12.2. The zero-order valence-corrected chi connectivity index (χ0v) is 11.2. The molecule has 1 N–H and O–H groups in total. The summed E-state index contributed by atoms with van der Waals surface area (Å²) in [7, 11) is 0. The second-order valence-electron chi connectivity index (χ2n) is 4.78. The van der Waals surface area contributed by atoms with E-state index in [4.69, 9.17) is 4.42 Å². The molecule has 1 heterocycles. The molecule has 2 heteroatoms. The Morgan fingerprint density at radius 2 is 1.71 bits per heavy atom. The van der Waals surface area contributed by atoms with E-state index in [1.165, 1.54) is 56.9 Å². The fourth-order valence-corrected chi connectivity index (χ4v) is 2.01. The highest BCUT2D eigenvalue weighted by atomic mass is 16.3. The number of unbranched alkanes of at least 4 members (excludes halogenated alkanes) is 7. The third kappa shape index (κ3) is 8.03. The molecule has 0 amide bonds. The minimum atomic E-state index is 0.938. The van der Waals surface area contributed by atoms with Gasteiger partial charge < -0.3 is 9.73 Å². The topological polar surface area (TPSA) is 25.2 Å². The summed E-state index contributed by atoms with van der Waals surface area (Å²) in [5, 5.41) is 3.44. The van der Waals surface area contributed by atoms with Crippen LogP contribution in [0.2, 0.25) is 0 Å². The second-order valence-corrected chi connectivity index (χ2v) is 4.78. The van der Waals surface area contributed by atoms with Gasteiger partial charge in [-0.15, -0.1) is 0 Å². The molecule has 1 rings (SSSR count). The van der Waals surface area contributed by atoms with Crippen molar-refractivity contribution in [2.24, 2.45) is 0 Å².